The van der Waals surface area contributed by atoms with Crippen molar-refractivity contribution in [2.75, 3.05) is 39.3 Å². The molecule has 0 aliphatic heterocycles. The number of benzene rings is 3. The van der Waals surface area contributed by atoms with Gasteiger partial charge in [0.1, 0.15) is 11.8 Å². The predicted molar refractivity (Wildman–Crippen MR) is 196 cm³/mol. The van der Waals surface area contributed by atoms with Gasteiger partial charge in [-0.1, -0.05) is 74.9 Å². The number of nitrogens with one attached hydrogen (secondary N) is 2. The summed E-state index contributed by atoms with van der Waals surface area (Å²) < 4.78 is 12.2. The number of amides is 2. The van der Waals surface area contributed by atoms with Gasteiger partial charge in [0.15, 0.2) is 0 Å². The van der Waals surface area contributed by atoms with Crippen molar-refractivity contribution < 1.29 is 23.9 Å². The fraction of sp³-hybridized carbons (Fsp3) is 0.421. The van der Waals surface area contributed by atoms with Crippen LogP contribution >= 0.6 is 11.8 Å². The van der Waals surface area contributed by atoms with Crippen LogP contribution in [0, 0.1) is 5.92 Å². The molecule has 0 fully saturated rings. The van der Waals surface area contributed by atoms with Crippen LogP contribution in [0.5, 0.6) is 5.75 Å². The molecule has 0 bridgehead atoms. The summed E-state index contributed by atoms with van der Waals surface area (Å²) in [6.45, 7) is 5.77. The molecule has 0 saturated carbocycles. The molecule has 49 heavy (non-hydrogen) atoms. The van der Waals surface area contributed by atoms with E-state index in [-0.39, 0.29) is 36.7 Å². The molecule has 0 saturated heterocycles. The van der Waals surface area contributed by atoms with Crippen molar-refractivity contribution >= 4 is 40.3 Å². The van der Waals surface area contributed by atoms with Crippen LogP contribution in [0.1, 0.15) is 43.5 Å². The highest BCUT2D eigenvalue weighted by atomic mass is 32.2. The fourth-order valence-corrected chi connectivity index (χ4v) is 6.32. The molecule has 3 atom stereocenters. The molecule has 10 nitrogen and oxygen atoms in total. The second-order valence-corrected chi connectivity index (χ2v) is 13.3. The zero-order valence-electron chi connectivity index (χ0n) is 29.2. The van der Waals surface area contributed by atoms with Crippen LogP contribution in [-0.4, -0.2) is 83.6 Å². The Bertz CT molecular complexity index is 1650. The van der Waals surface area contributed by atoms with Gasteiger partial charge in [-0.3, -0.25) is 14.5 Å². The van der Waals surface area contributed by atoms with E-state index in [9.17, 15) is 14.4 Å². The van der Waals surface area contributed by atoms with Crippen LogP contribution in [0.25, 0.3) is 10.8 Å². The number of ether oxygens (including phenoxy) is 2. The average Bonchev–Trinajstić information content (AvgIpc) is 3.54. The van der Waals surface area contributed by atoms with Gasteiger partial charge in [0.25, 0.3) is 0 Å². The van der Waals surface area contributed by atoms with E-state index in [0.29, 0.717) is 31.8 Å². The minimum atomic E-state index is -0.725. The van der Waals surface area contributed by atoms with Crippen LogP contribution in [-0.2, 0) is 38.6 Å². The van der Waals surface area contributed by atoms with E-state index in [4.69, 9.17) is 9.47 Å². The summed E-state index contributed by atoms with van der Waals surface area (Å²) in [5.41, 5.74) is 2.96. The van der Waals surface area contributed by atoms with Crippen LogP contribution in [0.3, 0.4) is 0 Å². The Morgan fingerprint density at radius 3 is 2.45 bits per heavy atom. The van der Waals surface area contributed by atoms with Crippen LogP contribution in [0.4, 0.5) is 0 Å². The molecule has 11 heteroatoms. The van der Waals surface area contributed by atoms with Gasteiger partial charge in [0.05, 0.1) is 33.5 Å². The van der Waals surface area contributed by atoms with Crippen molar-refractivity contribution in [1.82, 2.24) is 25.1 Å². The third-order valence-electron chi connectivity index (χ3n) is 8.86. The van der Waals surface area contributed by atoms with Crippen molar-refractivity contribution in [3.05, 3.63) is 96.1 Å². The van der Waals surface area contributed by atoms with Gasteiger partial charge in [-0.25, -0.2) is 9.78 Å². The number of rotatable bonds is 19. The quantitative estimate of drug-likeness (QED) is 0.131. The minimum absolute atomic E-state index is 0.0490. The summed E-state index contributed by atoms with van der Waals surface area (Å²) >= 11 is 1.61. The summed E-state index contributed by atoms with van der Waals surface area (Å²) in [5, 5.41) is 8.42. The molecular formula is C38H49N5O5S. The SMILES string of the molecule is CC[C@H](C)[C@@H](CN(CC(=O)N[C@@H](CCSC)C(=O)OC)Cc1cccc2ccccc12)NC(=O)Cc1cncn1Cc1ccc(OC)cc1. The highest BCUT2D eigenvalue weighted by Gasteiger charge is 2.26. The number of nitrogens with zero attached hydrogens (tertiary/aromatic N) is 3. The second kappa shape index (κ2) is 19.0. The topological polar surface area (TPSA) is 115 Å². The van der Waals surface area contributed by atoms with E-state index in [1.165, 1.54) is 7.11 Å². The number of hydrogen-bond acceptors (Lipinski definition) is 8. The molecule has 0 radical (unpaired) electrons. The molecule has 3 aromatic carbocycles. The third kappa shape index (κ3) is 11.1. The van der Waals surface area contributed by atoms with E-state index in [0.717, 1.165) is 39.8 Å². The number of fused-ring (bicyclic) bond motifs is 1. The molecule has 1 heterocycles. The van der Waals surface area contributed by atoms with Crippen molar-refractivity contribution in [3.63, 3.8) is 0 Å². The van der Waals surface area contributed by atoms with Gasteiger partial charge in [-0.2, -0.15) is 11.8 Å². The summed E-state index contributed by atoms with van der Waals surface area (Å²) in [6, 6.07) is 21.2. The van der Waals surface area contributed by atoms with E-state index in [1.807, 2.05) is 53.3 Å². The maximum atomic E-state index is 13.6. The number of carbonyl (C=O) groups excluding carboxylic acids is 3. The average molecular weight is 688 g/mol. The molecule has 4 rings (SSSR count). The van der Waals surface area contributed by atoms with Gasteiger partial charge in [-0.15, -0.1) is 0 Å². The molecule has 4 aromatic rings. The number of aromatic nitrogens is 2. The van der Waals surface area contributed by atoms with E-state index >= 15 is 0 Å². The van der Waals surface area contributed by atoms with E-state index < -0.39 is 12.0 Å². The lowest BCUT2D eigenvalue weighted by molar-refractivity contribution is -0.145. The van der Waals surface area contributed by atoms with Crippen molar-refractivity contribution in [1.29, 1.82) is 0 Å². The highest BCUT2D eigenvalue weighted by molar-refractivity contribution is 7.98. The highest BCUT2D eigenvalue weighted by Crippen LogP contribution is 2.21. The number of esters is 1. The molecule has 0 aliphatic rings. The van der Waals surface area contributed by atoms with Crippen molar-refractivity contribution in [2.45, 2.75) is 58.3 Å². The van der Waals surface area contributed by atoms with Gasteiger partial charge < -0.3 is 24.7 Å². The lowest BCUT2D eigenvalue weighted by atomic mass is 9.97. The summed E-state index contributed by atoms with van der Waals surface area (Å²) in [5.74, 6) is 0.791. The Labute approximate surface area is 293 Å². The van der Waals surface area contributed by atoms with Gasteiger partial charge in [0, 0.05) is 37.6 Å². The number of imidazole rings is 1. The first-order chi connectivity index (χ1) is 23.7. The molecule has 0 spiro atoms. The first-order valence-corrected chi connectivity index (χ1v) is 18.1. The molecule has 2 N–H and O–H groups in total. The predicted octanol–water partition coefficient (Wildman–Crippen LogP) is 5.08. The first kappa shape index (κ1) is 37.5. The molecule has 0 unspecified atom stereocenters. The maximum absolute atomic E-state index is 13.6. The Morgan fingerprint density at radius 2 is 1.73 bits per heavy atom. The maximum Gasteiger partial charge on any atom is 0.328 e. The largest absolute Gasteiger partial charge is 0.497 e. The lowest BCUT2D eigenvalue weighted by Gasteiger charge is -2.32. The Morgan fingerprint density at radius 1 is 0.980 bits per heavy atom. The number of thioether (sulfide) groups is 1. The van der Waals surface area contributed by atoms with E-state index in [2.05, 4.69) is 58.6 Å². The molecular weight excluding hydrogens is 639 g/mol. The third-order valence-corrected chi connectivity index (χ3v) is 9.50. The Kier molecular flexibility index (Phi) is 14.5. The molecule has 262 valence electrons. The van der Waals surface area contributed by atoms with Crippen LogP contribution in [0.2, 0.25) is 0 Å². The smallest absolute Gasteiger partial charge is 0.328 e. The zero-order valence-corrected chi connectivity index (χ0v) is 30.0. The van der Waals surface area contributed by atoms with Crippen molar-refractivity contribution in [2.24, 2.45) is 5.92 Å². The standard InChI is InChI=1S/C38H49N5O5S/c1-6-27(2)35(41-36(44)20-31-21-39-26-43(31)22-28-14-16-32(47-3)17-15-28)24-42(23-30-12-9-11-29-10-7-8-13-33(29)30)25-37(45)40-34(18-19-49-5)38(46)48-4/h7-17,21,26-27,34-35H,6,18-20,22-25H2,1-5H3,(H,40,45)(H,41,44)/t27-,34-,35+/m0/s1. The minimum Gasteiger partial charge on any atom is -0.497 e. The summed E-state index contributed by atoms with van der Waals surface area (Å²) in [6.07, 6.45) is 6.91. The lowest BCUT2D eigenvalue weighted by Crippen LogP contribution is -2.51. The van der Waals surface area contributed by atoms with Crippen molar-refractivity contribution in [3.8, 4) is 5.75 Å². The Hall–Kier alpha value is -4.35. The van der Waals surface area contributed by atoms with E-state index in [1.54, 1.807) is 31.4 Å². The summed E-state index contributed by atoms with van der Waals surface area (Å²) in [7, 11) is 2.97. The number of hydrogen-bond donors (Lipinski definition) is 2. The molecule has 2 amide bonds. The van der Waals surface area contributed by atoms with Gasteiger partial charge in [0.2, 0.25) is 11.8 Å². The van der Waals surface area contributed by atoms with Crippen LogP contribution in [0.15, 0.2) is 79.3 Å². The number of methoxy groups -OCH3 is 2. The van der Waals surface area contributed by atoms with Crippen LogP contribution < -0.4 is 15.4 Å². The fourth-order valence-electron chi connectivity index (χ4n) is 5.84. The van der Waals surface area contributed by atoms with Gasteiger partial charge in [-0.05, 0) is 58.4 Å². The molecule has 1 aromatic heterocycles. The number of carbonyl (C=O) groups is 3. The monoisotopic (exact) mass is 687 g/mol. The first-order valence-electron chi connectivity index (χ1n) is 16.7. The molecule has 0 aliphatic carbocycles. The Balaban J connectivity index is 1.52. The zero-order chi connectivity index (χ0) is 35.2. The second-order valence-electron chi connectivity index (χ2n) is 12.3. The van der Waals surface area contributed by atoms with Gasteiger partial charge >= 0.3 is 5.97 Å². The summed E-state index contributed by atoms with van der Waals surface area (Å²) in [4.78, 5) is 46.0. The normalized spacial score (nSPS) is 13.1.